The van der Waals surface area contributed by atoms with Crippen molar-refractivity contribution >= 4 is 17.8 Å². The van der Waals surface area contributed by atoms with Gasteiger partial charge in [-0.1, -0.05) is 16.8 Å². The van der Waals surface area contributed by atoms with Crippen molar-refractivity contribution in [3.05, 3.63) is 28.8 Å². The predicted molar refractivity (Wildman–Crippen MR) is 47.5 cm³/mol. The van der Waals surface area contributed by atoms with Crippen molar-refractivity contribution in [3.63, 3.8) is 0 Å². The fourth-order valence-corrected chi connectivity index (χ4v) is 1.07. The van der Waals surface area contributed by atoms with Crippen molar-refractivity contribution < 1.29 is 18.7 Å². The van der Waals surface area contributed by atoms with Crippen LogP contribution in [0.25, 0.3) is 0 Å². The summed E-state index contributed by atoms with van der Waals surface area (Å²) in [5.74, 6) is -0.0952. The normalized spacial score (nSPS) is 11.1. The molecule has 0 aromatic heterocycles. The van der Waals surface area contributed by atoms with Gasteiger partial charge in [0, 0.05) is 10.6 Å². The molecule has 1 aromatic rings. The molecule has 0 saturated carbocycles. The van der Waals surface area contributed by atoms with Gasteiger partial charge in [0.25, 0.3) is 0 Å². The van der Waals surface area contributed by atoms with Gasteiger partial charge in [-0.2, -0.15) is 8.78 Å². The van der Waals surface area contributed by atoms with Crippen LogP contribution in [0.4, 0.5) is 8.78 Å². The van der Waals surface area contributed by atoms with Crippen LogP contribution in [0.2, 0.25) is 5.02 Å². The lowest BCUT2D eigenvalue weighted by Gasteiger charge is -2.07. The highest BCUT2D eigenvalue weighted by atomic mass is 35.5. The Morgan fingerprint density at radius 2 is 2.21 bits per heavy atom. The molecule has 0 aliphatic heterocycles. The molecule has 0 bridgehead atoms. The number of rotatable bonds is 3. The Bertz CT molecular complexity index is 344. The van der Waals surface area contributed by atoms with E-state index in [-0.39, 0.29) is 11.3 Å². The van der Waals surface area contributed by atoms with Gasteiger partial charge in [0.1, 0.15) is 5.75 Å². The number of halogens is 3. The monoisotopic (exact) mass is 221 g/mol. The maximum Gasteiger partial charge on any atom is 0.387 e. The minimum Gasteiger partial charge on any atom is -0.434 e. The van der Waals surface area contributed by atoms with E-state index in [1.54, 1.807) is 0 Å². The van der Waals surface area contributed by atoms with Gasteiger partial charge in [0.05, 0.1) is 6.21 Å². The molecule has 1 N–H and O–H groups in total. The van der Waals surface area contributed by atoms with Crippen LogP contribution in [0.3, 0.4) is 0 Å². The third-order valence-corrected chi connectivity index (χ3v) is 1.62. The Hall–Kier alpha value is -1.36. The van der Waals surface area contributed by atoms with Gasteiger partial charge in [-0.05, 0) is 18.2 Å². The number of hydrogen-bond acceptors (Lipinski definition) is 3. The van der Waals surface area contributed by atoms with E-state index in [1.807, 2.05) is 0 Å². The Labute approximate surface area is 83.6 Å². The van der Waals surface area contributed by atoms with Gasteiger partial charge in [0.2, 0.25) is 0 Å². The molecule has 0 saturated heterocycles. The number of ether oxygens (including phenoxy) is 1. The van der Waals surface area contributed by atoms with Crippen molar-refractivity contribution in [3.8, 4) is 5.75 Å². The zero-order valence-corrected chi connectivity index (χ0v) is 7.58. The second-order valence-corrected chi connectivity index (χ2v) is 2.74. The number of nitrogens with zero attached hydrogens (tertiary/aromatic N) is 1. The lowest BCUT2D eigenvalue weighted by atomic mass is 10.2. The van der Waals surface area contributed by atoms with E-state index in [1.165, 1.54) is 18.2 Å². The maximum absolute atomic E-state index is 11.9. The summed E-state index contributed by atoms with van der Waals surface area (Å²) in [6.07, 6.45) is 0.962. The van der Waals surface area contributed by atoms with Crippen molar-refractivity contribution in [1.82, 2.24) is 0 Å². The predicted octanol–water partition coefficient (Wildman–Crippen LogP) is 2.75. The molecule has 6 heteroatoms. The highest BCUT2D eigenvalue weighted by molar-refractivity contribution is 6.30. The van der Waals surface area contributed by atoms with E-state index >= 15 is 0 Å². The summed E-state index contributed by atoms with van der Waals surface area (Å²) < 4.78 is 27.9. The molecular formula is C8H6ClF2NO2. The summed E-state index contributed by atoms with van der Waals surface area (Å²) in [5.41, 5.74) is 0.181. The van der Waals surface area contributed by atoms with Crippen LogP contribution in [-0.4, -0.2) is 18.0 Å². The number of alkyl halides is 2. The summed E-state index contributed by atoms with van der Waals surface area (Å²) in [6.45, 7) is -2.93. The lowest BCUT2D eigenvalue weighted by Crippen LogP contribution is -2.04. The fraction of sp³-hybridized carbons (Fsp3) is 0.125. The van der Waals surface area contributed by atoms with Crippen LogP contribution in [0.15, 0.2) is 23.4 Å². The summed E-state index contributed by atoms with van der Waals surface area (Å²) in [7, 11) is 0. The Balaban J connectivity index is 3.01. The van der Waals surface area contributed by atoms with Gasteiger partial charge in [0.15, 0.2) is 0 Å². The molecule has 3 nitrogen and oxygen atoms in total. The first-order valence-electron chi connectivity index (χ1n) is 3.55. The van der Waals surface area contributed by atoms with E-state index in [4.69, 9.17) is 16.8 Å². The molecule has 1 aromatic carbocycles. The lowest BCUT2D eigenvalue weighted by molar-refractivity contribution is -0.0499. The third-order valence-electron chi connectivity index (χ3n) is 1.38. The maximum atomic E-state index is 11.9. The molecule has 76 valence electrons. The van der Waals surface area contributed by atoms with Crippen LogP contribution >= 0.6 is 11.6 Å². The first-order valence-corrected chi connectivity index (χ1v) is 3.93. The summed E-state index contributed by atoms with van der Waals surface area (Å²) >= 11 is 5.60. The average Bonchev–Trinajstić information content (AvgIpc) is 2.09. The molecule has 0 aliphatic carbocycles. The number of oxime groups is 1. The van der Waals surface area contributed by atoms with Gasteiger partial charge in [-0.3, -0.25) is 0 Å². The molecule has 0 unspecified atom stereocenters. The Kier molecular flexibility index (Phi) is 3.64. The van der Waals surface area contributed by atoms with E-state index in [0.717, 1.165) is 6.21 Å². The molecule has 0 radical (unpaired) electrons. The molecule has 0 heterocycles. The van der Waals surface area contributed by atoms with Crippen molar-refractivity contribution in [2.24, 2.45) is 5.16 Å². The van der Waals surface area contributed by atoms with Gasteiger partial charge < -0.3 is 9.94 Å². The minimum atomic E-state index is -2.93. The van der Waals surface area contributed by atoms with E-state index in [9.17, 15) is 8.78 Å². The van der Waals surface area contributed by atoms with Crippen LogP contribution in [-0.2, 0) is 0 Å². The van der Waals surface area contributed by atoms with Crippen molar-refractivity contribution in [2.45, 2.75) is 6.61 Å². The standard InChI is InChI=1S/C8H6ClF2NO2/c9-6-1-2-7(14-8(10)11)5(3-6)4-12-13/h1-4,8,13H/b12-4+. The summed E-state index contributed by atoms with van der Waals surface area (Å²) in [5, 5.41) is 11.3. The largest absolute Gasteiger partial charge is 0.434 e. The molecule has 1 rings (SSSR count). The zero-order valence-electron chi connectivity index (χ0n) is 6.82. The highest BCUT2D eigenvalue weighted by Crippen LogP contribution is 2.22. The third kappa shape index (κ3) is 2.85. The average molecular weight is 222 g/mol. The zero-order chi connectivity index (χ0) is 10.6. The highest BCUT2D eigenvalue weighted by Gasteiger charge is 2.08. The van der Waals surface area contributed by atoms with E-state index in [0.29, 0.717) is 5.02 Å². The van der Waals surface area contributed by atoms with Crippen LogP contribution in [0.1, 0.15) is 5.56 Å². The summed E-state index contributed by atoms with van der Waals surface area (Å²) in [6, 6.07) is 4.01. The molecule has 0 atom stereocenters. The topological polar surface area (TPSA) is 41.8 Å². The number of benzene rings is 1. The molecular weight excluding hydrogens is 216 g/mol. The SMILES string of the molecule is O/N=C/c1cc(Cl)ccc1OC(F)F. The van der Waals surface area contributed by atoms with E-state index < -0.39 is 6.61 Å². The smallest absolute Gasteiger partial charge is 0.387 e. The van der Waals surface area contributed by atoms with Crippen LogP contribution < -0.4 is 4.74 Å². The van der Waals surface area contributed by atoms with Crippen molar-refractivity contribution in [1.29, 1.82) is 0 Å². The van der Waals surface area contributed by atoms with Crippen molar-refractivity contribution in [2.75, 3.05) is 0 Å². The Morgan fingerprint density at radius 1 is 1.50 bits per heavy atom. The molecule has 0 spiro atoms. The summed E-state index contributed by atoms with van der Waals surface area (Å²) in [4.78, 5) is 0. The first kappa shape index (κ1) is 10.7. The van der Waals surface area contributed by atoms with Gasteiger partial charge in [-0.25, -0.2) is 0 Å². The first-order chi connectivity index (χ1) is 6.63. The minimum absolute atomic E-state index is 0.0952. The second kappa shape index (κ2) is 4.76. The molecule has 0 fully saturated rings. The van der Waals surface area contributed by atoms with E-state index in [2.05, 4.69) is 9.89 Å². The fourth-order valence-electron chi connectivity index (χ4n) is 0.886. The van der Waals surface area contributed by atoms with Gasteiger partial charge in [-0.15, -0.1) is 0 Å². The van der Waals surface area contributed by atoms with Crippen LogP contribution in [0, 0.1) is 0 Å². The van der Waals surface area contributed by atoms with Crippen LogP contribution in [0.5, 0.6) is 5.75 Å². The Morgan fingerprint density at radius 3 is 2.79 bits per heavy atom. The molecule has 0 amide bonds. The number of hydrogen-bond donors (Lipinski definition) is 1. The molecule has 0 aliphatic rings. The quantitative estimate of drug-likeness (QED) is 0.484. The molecule has 14 heavy (non-hydrogen) atoms. The van der Waals surface area contributed by atoms with Gasteiger partial charge >= 0.3 is 6.61 Å². The second-order valence-electron chi connectivity index (χ2n) is 2.31.